The highest BCUT2D eigenvalue weighted by molar-refractivity contribution is 5.61. The molecule has 0 unspecified atom stereocenters. The Balaban J connectivity index is 2.34. The average Bonchev–Trinajstić information content (AvgIpc) is 2.77. The molecule has 0 spiro atoms. The Labute approximate surface area is 92.6 Å². The number of aromatic nitrogens is 4. The number of rotatable bonds is 1. The lowest BCUT2D eigenvalue weighted by molar-refractivity contribution is 1.07. The van der Waals surface area contributed by atoms with Gasteiger partial charge in [0.2, 0.25) is 5.78 Å². The van der Waals surface area contributed by atoms with Crippen molar-refractivity contribution in [2.24, 2.45) is 0 Å². The molecule has 3 aromatic heterocycles. The number of imidazole rings is 1. The van der Waals surface area contributed by atoms with E-state index in [2.05, 4.69) is 15.0 Å². The molecule has 0 aliphatic rings. The van der Waals surface area contributed by atoms with Crippen molar-refractivity contribution in [3.63, 3.8) is 0 Å². The number of fused-ring (bicyclic) bond motifs is 1. The van der Waals surface area contributed by atoms with Crippen LogP contribution in [0.4, 0.5) is 0 Å². The zero-order valence-corrected chi connectivity index (χ0v) is 8.83. The maximum absolute atomic E-state index is 4.36. The molecular formula is C12H10N4. The lowest BCUT2D eigenvalue weighted by atomic mass is 10.2. The lowest BCUT2D eigenvalue weighted by Crippen LogP contribution is -1.95. The smallest absolute Gasteiger partial charge is 0.234 e. The Bertz CT molecular complexity index is 628. The standard InChI is InChI=1S/C12H10N4/c1-9-8-11(10-2-4-13-5-3-10)16-7-6-14-12(16)15-9/h2-8H,1H3. The summed E-state index contributed by atoms with van der Waals surface area (Å²) in [7, 11) is 0. The summed E-state index contributed by atoms with van der Waals surface area (Å²) in [5.74, 6) is 0.729. The first kappa shape index (κ1) is 9.03. The SMILES string of the molecule is Cc1cc(-c2ccncc2)n2ccnc2n1. The van der Waals surface area contributed by atoms with E-state index in [4.69, 9.17) is 0 Å². The van der Waals surface area contributed by atoms with Crippen molar-refractivity contribution >= 4 is 5.78 Å². The summed E-state index contributed by atoms with van der Waals surface area (Å²) in [6.45, 7) is 1.97. The van der Waals surface area contributed by atoms with Gasteiger partial charge in [-0.25, -0.2) is 9.97 Å². The minimum atomic E-state index is 0.729. The van der Waals surface area contributed by atoms with Crippen molar-refractivity contribution in [3.05, 3.63) is 48.7 Å². The van der Waals surface area contributed by atoms with Crippen LogP contribution in [-0.2, 0) is 0 Å². The minimum Gasteiger partial charge on any atom is -0.284 e. The molecule has 3 heterocycles. The average molecular weight is 210 g/mol. The molecule has 0 atom stereocenters. The largest absolute Gasteiger partial charge is 0.284 e. The lowest BCUT2D eigenvalue weighted by Gasteiger charge is -2.05. The van der Waals surface area contributed by atoms with Crippen molar-refractivity contribution in [1.29, 1.82) is 0 Å². The highest BCUT2D eigenvalue weighted by atomic mass is 15.1. The predicted octanol–water partition coefficient (Wildman–Crippen LogP) is 2.10. The summed E-state index contributed by atoms with van der Waals surface area (Å²) in [6, 6.07) is 6.01. The molecule has 0 saturated carbocycles. The number of aryl methyl sites for hydroxylation is 1. The highest BCUT2D eigenvalue weighted by Crippen LogP contribution is 2.19. The van der Waals surface area contributed by atoms with Crippen LogP contribution in [0, 0.1) is 6.92 Å². The van der Waals surface area contributed by atoms with Crippen LogP contribution >= 0.6 is 0 Å². The monoisotopic (exact) mass is 210 g/mol. The van der Waals surface area contributed by atoms with Crippen LogP contribution in [0.25, 0.3) is 17.0 Å². The third-order valence-electron chi connectivity index (χ3n) is 2.48. The molecule has 0 bridgehead atoms. The van der Waals surface area contributed by atoms with E-state index in [-0.39, 0.29) is 0 Å². The van der Waals surface area contributed by atoms with Crippen LogP contribution in [0.3, 0.4) is 0 Å². The number of nitrogens with zero attached hydrogens (tertiary/aromatic N) is 4. The van der Waals surface area contributed by atoms with E-state index in [1.54, 1.807) is 18.6 Å². The van der Waals surface area contributed by atoms with Gasteiger partial charge in [0.15, 0.2) is 0 Å². The first-order chi connectivity index (χ1) is 7.84. The normalized spacial score (nSPS) is 10.8. The summed E-state index contributed by atoms with van der Waals surface area (Å²) < 4.78 is 1.97. The van der Waals surface area contributed by atoms with E-state index in [9.17, 15) is 0 Å². The Kier molecular flexibility index (Phi) is 1.93. The minimum absolute atomic E-state index is 0.729. The molecule has 0 aromatic carbocycles. The van der Waals surface area contributed by atoms with Crippen LogP contribution in [0.5, 0.6) is 0 Å². The fraction of sp³-hybridized carbons (Fsp3) is 0.0833. The molecular weight excluding hydrogens is 200 g/mol. The molecule has 0 fully saturated rings. The quantitative estimate of drug-likeness (QED) is 0.617. The first-order valence-electron chi connectivity index (χ1n) is 5.06. The molecule has 16 heavy (non-hydrogen) atoms. The molecule has 78 valence electrons. The first-order valence-corrected chi connectivity index (χ1v) is 5.06. The second-order valence-electron chi connectivity index (χ2n) is 3.62. The van der Waals surface area contributed by atoms with Crippen molar-refractivity contribution in [1.82, 2.24) is 19.4 Å². The van der Waals surface area contributed by atoms with E-state index < -0.39 is 0 Å². The van der Waals surface area contributed by atoms with Crippen LogP contribution in [0.15, 0.2) is 43.0 Å². The molecule has 4 nitrogen and oxygen atoms in total. The molecule has 0 radical (unpaired) electrons. The molecule has 3 rings (SSSR count). The third-order valence-corrected chi connectivity index (χ3v) is 2.48. The van der Waals surface area contributed by atoms with Gasteiger partial charge in [-0.05, 0) is 25.1 Å². The van der Waals surface area contributed by atoms with Gasteiger partial charge < -0.3 is 0 Å². The van der Waals surface area contributed by atoms with Gasteiger partial charge in [0.05, 0.1) is 5.69 Å². The fourth-order valence-corrected chi connectivity index (χ4v) is 1.77. The maximum Gasteiger partial charge on any atom is 0.234 e. The van der Waals surface area contributed by atoms with E-state index in [1.807, 2.05) is 35.7 Å². The topological polar surface area (TPSA) is 43.1 Å². The van der Waals surface area contributed by atoms with Gasteiger partial charge in [-0.3, -0.25) is 9.38 Å². The van der Waals surface area contributed by atoms with Crippen LogP contribution in [-0.4, -0.2) is 19.4 Å². The molecule has 0 N–H and O–H groups in total. The Morgan fingerprint density at radius 3 is 2.75 bits per heavy atom. The van der Waals surface area contributed by atoms with Crippen LogP contribution < -0.4 is 0 Å². The molecule has 3 aromatic rings. The summed E-state index contributed by atoms with van der Waals surface area (Å²) in [5.41, 5.74) is 3.16. The molecule has 0 saturated heterocycles. The molecule has 0 aliphatic carbocycles. The van der Waals surface area contributed by atoms with Gasteiger partial charge >= 0.3 is 0 Å². The Hall–Kier alpha value is -2.23. The summed E-state index contributed by atoms with van der Waals surface area (Å²) in [5, 5.41) is 0. The summed E-state index contributed by atoms with van der Waals surface area (Å²) in [4.78, 5) is 12.6. The van der Waals surface area contributed by atoms with Crippen LogP contribution in [0.1, 0.15) is 5.69 Å². The van der Waals surface area contributed by atoms with Crippen molar-refractivity contribution in [2.45, 2.75) is 6.92 Å². The van der Waals surface area contributed by atoms with Gasteiger partial charge in [0, 0.05) is 36.0 Å². The Morgan fingerprint density at radius 2 is 1.94 bits per heavy atom. The molecule has 0 amide bonds. The third kappa shape index (κ3) is 1.35. The zero-order chi connectivity index (χ0) is 11.0. The summed E-state index contributed by atoms with van der Waals surface area (Å²) >= 11 is 0. The van der Waals surface area contributed by atoms with E-state index >= 15 is 0 Å². The van der Waals surface area contributed by atoms with Gasteiger partial charge in [0.25, 0.3) is 0 Å². The predicted molar refractivity (Wildman–Crippen MR) is 61.0 cm³/mol. The van der Waals surface area contributed by atoms with Gasteiger partial charge in [-0.2, -0.15) is 0 Å². The van der Waals surface area contributed by atoms with E-state index in [0.717, 1.165) is 22.7 Å². The van der Waals surface area contributed by atoms with Crippen molar-refractivity contribution < 1.29 is 0 Å². The molecule has 4 heteroatoms. The highest BCUT2D eigenvalue weighted by Gasteiger charge is 2.05. The maximum atomic E-state index is 4.36. The van der Waals surface area contributed by atoms with E-state index in [1.165, 1.54) is 0 Å². The summed E-state index contributed by atoms with van der Waals surface area (Å²) in [6.07, 6.45) is 7.24. The van der Waals surface area contributed by atoms with E-state index in [0.29, 0.717) is 0 Å². The van der Waals surface area contributed by atoms with Gasteiger partial charge in [-0.15, -0.1) is 0 Å². The number of hydrogen-bond acceptors (Lipinski definition) is 3. The van der Waals surface area contributed by atoms with Gasteiger partial charge in [0.1, 0.15) is 0 Å². The fourth-order valence-electron chi connectivity index (χ4n) is 1.77. The molecule has 0 aliphatic heterocycles. The number of pyridine rings is 1. The second-order valence-corrected chi connectivity index (χ2v) is 3.62. The second kappa shape index (κ2) is 3.41. The van der Waals surface area contributed by atoms with Crippen molar-refractivity contribution in [2.75, 3.05) is 0 Å². The zero-order valence-electron chi connectivity index (χ0n) is 8.83. The van der Waals surface area contributed by atoms with Crippen molar-refractivity contribution in [3.8, 4) is 11.3 Å². The Morgan fingerprint density at radius 1 is 1.12 bits per heavy atom. The van der Waals surface area contributed by atoms with Gasteiger partial charge in [-0.1, -0.05) is 0 Å². The van der Waals surface area contributed by atoms with Crippen LogP contribution in [0.2, 0.25) is 0 Å². The number of hydrogen-bond donors (Lipinski definition) is 0.